The van der Waals surface area contributed by atoms with E-state index in [1.807, 2.05) is 9.13 Å². The highest BCUT2D eigenvalue weighted by Gasteiger charge is 2.12. The molecule has 0 amide bonds. The van der Waals surface area contributed by atoms with Crippen molar-refractivity contribution < 1.29 is 0 Å². The number of fused-ring (bicyclic) bond motifs is 2. The molecule has 4 aromatic rings. The summed E-state index contributed by atoms with van der Waals surface area (Å²) in [4.78, 5) is 24.8. The maximum absolute atomic E-state index is 6.20. The van der Waals surface area contributed by atoms with Crippen molar-refractivity contribution in [1.29, 1.82) is 0 Å². The van der Waals surface area contributed by atoms with Crippen molar-refractivity contribution in [3.63, 3.8) is 0 Å². The first kappa shape index (κ1) is 25.4. The lowest BCUT2D eigenvalue weighted by molar-refractivity contribution is 0.525. The molecule has 0 aliphatic rings. The zero-order chi connectivity index (χ0) is 23.9. The Morgan fingerprint density at radius 3 is 1.24 bits per heavy atom. The van der Waals surface area contributed by atoms with E-state index in [2.05, 4.69) is 29.9 Å². The van der Waals surface area contributed by atoms with Crippen LogP contribution in [0.1, 0.15) is 64.2 Å². The number of aryl methyl sites for hydroxylation is 2. The first-order valence-corrected chi connectivity index (χ1v) is 13.1. The van der Waals surface area contributed by atoms with Gasteiger partial charge in [0.15, 0.2) is 21.6 Å². The molecule has 0 unspecified atom stereocenters. The first-order valence-electron chi connectivity index (χ1n) is 11.6. The van der Waals surface area contributed by atoms with Crippen molar-refractivity contribution in [2.45, 2.75) is 77.3 Å². The SMILES string of the molecule is Clc1nc(Cl)c2c(ncn2CCCCCCCCCCCCn2cnc3nc(Cl)nc(Cl)c32)n1. The molecule has 182 valence electrons. The normalized spacial score (nSPS) is 11.8. The summed E-state index contributed by atoms with van der Waals surface area (Å²) in [5.41, 5.74) is 2.61. The number of hydrogen-bond donors (Lipinski definition) is 0. The van der Waals surface area contributed by atoms with Crippen LogP contribution in [0.15, 0.2) is 12.7 Å². The molecule has 4 rings (SSSR count). The van der Waals surface area contributed by atoms with E-state index in [-0.39, 0.29) is 10.6 Å². The Bertz CT molecular complexity index is 1140. The van der Waals surface area contributed by atoms with Gasteiger partial charge in [0.2, 0.25) is 10.6 Å². The number of aromatic nitrogens is 8. The van der Waals surface area contributed by atoms with E-state index in [1.165, 1.54) is 51.4 Å². The molecule has 0 aliphatic heterocycles. The van der Waals surface area contributed by atoms with Crippen molar-refractivity contribution in [1.82, 2.24) is 39.0 Å². The van der Waals surface area contributed by atoms with Crippen LogP contribution in [-0.2, 0) is 13.1 Å². The van der Waals surface area contributed by atoms with Gasteiger partial charge in [0.1, 0.15) is 11.0 Å². The average molecular weight is 544 g/mol. The Morgan fingerprint density at radius 1 is 0.500 bits per heavy atom. The second-order valence-electron chi connectivity index (χ2n) is 8.32. The zero-order valence-corrected chi connectivity index (χ0v) is 21.8. The van der Waals surface area contributed by atoms with Gasteiger partial charge in [-0.2, -0.15) is 9.97 Å². The summed E-state index contributed by atoms with van der Waals surface area (Å²) in [6, 6.07) is 0. The van der Waals surface area contributed by atoms with E-state index in [4.69, 9.17) is 46.4 Å². The molecule has 0 saturated carbocycles. The minimum Gasteiger partial charge on any atom is -0.327 e. The standard InChI is InChI=1S/C22H26Cl4N8/c23-17-15-19(31-21(25)29-17)27-13-33(15)11-9-7-5-3-1-2-4-6-8-10-12-34-14-28-20-16(34)18(24)30-22(26)32-20/h13-14H,1-12H2. The Balaban J connectivity index is 1.04. The highest BCUT2D eigenvalue weighted by atomic mass is 35.5. The van der Waals surface area contributed by atoms with E-state index >= 15 is 0 Å². The largest absolute Gasteiger partial charge is 0.327 e. The molecule has 0 spiro atoms. The van der Waals surface area contributed by atoms with Crippen molar-refractivity contribution in [3.05, 3.63) is 33.5 Å². The van der Waals surface area contributed by atoms with Crippen molar-refractivity contribution in [3.8, 4) is 0 Å². The Hall–Kier alpha value is -1.74. The molecule has 12 heteroatoms. The molecule has 4 aromatic heterocycles. The van der Waals surface area contributed by atoms with Gasteiger partial charge in [-0.3, -0.25) is 0 Å². The molecule has 4 heterocycles. The van der Waals surface area contributed by atoms with Crippen LogP contribution in [0.25, 0.3) is 22.3 Å². The molecule has 0 N–H and O–H groups in total. The second-order valence-corrected chi connectivity index (χ2v) is 9.71. The number of imidazole rings is 2. The monoisotopic (exact) mass is 542 g/mol. The zero-order valence-electron chi connectivity index (χ0n) is 18.7. The molecule has 0 radical (unpaired) electrons. The predicted molar refractivity (Wildman–Crippen MR) is 137 cm³/mol. The third-order valence-electron chi connectivity index (χ3n) is 5.85. The summed E-state index contributed by atoms with van der Waals surface area (Å²) in [7, 11) is 0. The summed E-state index contributed by atoms with van der Waals surface area (Å²) < 4.78 is 4.02. The van der Waals surface area contributed by atoms with Gasteiger partial charge in [-0.15, -0.1) is 0 Å². The minimum absolute atomic E-state index is 0.125. The van der Waals surface area contributed by atoms with Gasteiger partial charge >= 0.3 is 0 Å². The van der Waals surface area contributed by atoms with Gasteiger partial charge in [-0.25, -0.2) is 19.9 Å². The topological polar surface area (TPSA) is 87.2 Å². The highest BCUT2D eigenvalue weighted by molar-refractivity contribution is 6.35. The second kappa shape index (κ2) is 12.3. The van der Waals surface area contributed by atoms with Gasteiger partial charge in [0, 0.05) is 13.1 Å². The molecule has 8 nitrogen and oxygen atoms in total. The fourth-order valence-corrected chi connectivity index (χ4v) is 5.10. The van der Waals surface area contributed by atoms with Crippen LogP contribution < -0.4 is 0 Å². The molecule has 0 saturated heterocycles. The van der Waals surface area contributed by atoms with E-state index in [0.717, 1.165) is 37.0 Å². The van der Waals surface area contributed by atoms with E-state index < -0.39 is 0 Å². The maximum atomic E-state index is 6.20. The third-order valence-corrected chi connectivity index (χ3v) is 6.72. The van der Waals surface area contributed by atoms with Gasteiger partial charge in [0.25, 0.3) is 0 Å². The quantitative estimate of drug-likeness (QED) is 0.101. The third kappa shape index (κ3) is 6.47. The Morgan fingerprint density at radius 2 is 0.853 bits per heavy atom. The van der Waals surface area contributed by atoms with Crippen molar-refractivity contribution >= 4 is 68.7 Å². The molecular weight excluding hydrogens is 518 g/mol. The molecule has 0 aromatic carbocycles. The average Bonchev–Trinajstić information content (AvgIpc) is 3.38. The van der Waals surface area contributed by atoms with Crippen LogP contribution in [0, 0.1) is 0 Å². The van der Waals surface area contributed by atoms with Gasteiger partial charge in [-0.1, -0.05) is 74.6 Å². The summed E-state index contributed by atoms with van der Waals surface area (Å²) in [5, 5.41) is 0.961. The smallest absolute Gasteiger partial charge is 0.225 e. The number of nitrogens with zero attached hydrogens (tertiary/aromatic N) is 8. The Labute approximate surface area is 218 Å². The van der Waals surface area contributed by atoms with Crippen LogP contribution in [-0.4, -0.2) is 39.0 Å². The fraction of sp³-hybridized carbons (Fsp3) is 0.545. The van der Waals surface area contributed by atoms with Crippen molar-refractivity contribution in [2.75, 3.05) is 0 Å². The number of hydrogen-bond acceptors (Lipinski definition) is 6. The highest BCUT2D eigenvalue weighted by Crippen LogP contribution is 2.23. The molecule has 0 bridgehead atoms. The van der Waals surface area contributed by atoms with Crippen LogP contribution in [0.4, 0.5) is 0 Å². The first-order chi connectivity index (χ1) is 16.5. The maximum Gasteiger partial charge on any atom is 0.225 e. The summed E-state index contributed by atoms with van der Waals surface area (Å²) in [5.74, 6) is 0. The molecule has 0 atom stereocenters. The summed E-state index contributed by atoms with van der Waals surface area (Å²) in [6.07, 6.45) is 15.6. The minimum atomic E-state index is 0.125. The molecule has 0 fully saturated rings. The molecule has 34 heavy (non-hydrogen) atoms. The fourth-order valence-electron chi connectivity index (χ4n) is 4.14. The number of rotatable bonds is 13. The molecule has 0 aliphatic carbocycles. The summed E-state index contributed by atoms with van der Waals surface area (Å²) >= 11 is 24.1. The van der Waals surface area contributed by atoms with E-state index in [0.29, 0.717) is 21.6 Å². The van der Waals surface area contributed by atoms with Gasteiger partial charge in [-0.05, 0) is 36.0 Å². The van der Waals surface area contributed by atoms with Crippen LogP contribution >= 0.6 is 46.4 Å². The lowest BCUT2D eigenvalue weighted by atomic mass is 10.1. The lowest BCUT2D eigenvalue weighted by Crippen LogP contribution is -1.98. The van der Waals surface area contributed by atoms with Crippen LogP contribution in [0.3, 0.4) is 0 Å². The van der Waals surface area contributed by atoms with Gasteiger partial charge in [0.05, 0.1) is 12.7 Å². The Kier molecular flexibility index (Phi) is 9.17. The predicted octanol–water partition coefficient (Wildman–Crippen LogP) is 7.18. The van der Waals surface area contributed by atoms with E-state index in [9.17, 15) is 0 Å². The van der Waals surface area contributed by atoms with Gasteiger partial charge < -0.3 is 9.13 Å². The van der Waals surface area contributed by atoms with Crippen LogP contribution in [0.5, 0.6) is 0 Å². The van der Waals surface area contributed by atoms with Crippen molar-refractivity contribution in [2.24, 2.45) is 0 Å². The molecular formula is C22H26Cl4N8. The van der Waals surface area contributed by atoms with E-state index in [1.54, 1.807) is 12.7 Å². The lowest BCUT2D eigenvalue weighted by Gasteiger charge is -2.06. The summed E-state index contributed by atoms with van der Waals surface area (Å²) in [6.45, 7) is 1.72. The number of unbranched alkanes of at least 4 members (excludes halogenated alkanes) is 9. The van der Waals surface area contributed by atoms with Crippen LogP contribution in [0.2, 0.25) is 20.9 Å². The number of halogens is 4.